The summed E-state index contributed by atoms with van der Waals surface area (Å²) in [6.07, 6.45) is 1.74. The van der Waals surface area contributed by atoms with Gasteiger partial charge >= 0.3 is 0 Å². The monoisotopic (exact) mass is 310 g/mol. The first-order valence-corrected chi connectivity index (χ1v) is 7.89. The molecular formula is C15H14N6S. The lowest BCUT2D eigenvalue weighted by Gasteiger charge is -1.98. The quantitative estimate of drug-likeness (QED) is 0.629. The summed E-state index contributed by atoms with van der Waals surface area (Å²) < 4.78 is 1.83. The van der Waals surface area contributed by atoms with Crippen molar-refractivity contribution in [3.63, 3.8) is 0 Å². The Labute approximate surface area is 130 Å². The van der Waals surface area contributed by atoms with Crippen molar-refractivity contribution in [2.45, 2.75) is 19.8 Å². The Morgan fingerprint density at radius 3 is 2.77 bits per heavy atom. The Balaban J connectivity index is 1.61. The SMILES string of the molecule is Cc1cc(-c2nn3c(CCc4ccccc4)nnc3s2)n[nH]1. The second-order valence-electron chi connectivity index (χ2n) is 5.14. The molecule has 1 aromatic carbocycles. The molecule has 3 heterocycles. The van der Waals surface area contributed by atoms with Crippen LogP contribution in [0.25, 0.3) is 15.7 Å². The zero-order valence-electron chi connectivity index (χ0n) is 12.0. The molecule has 0 bridgehead atoms. The zero-order chi connectivity index (χ0) is 14.9. The molecule has 4 aromatic rings. The summed E-state index contributed by atoms with van der Waals surface area (Å²) in [6.45, 7) is 1.97. The molecule has 4 rings (SSSR count). The van der Waals surface area contributed by atoms with Crippen LogP contribution in [0.15, 0.2) is 36.4 Å². The largest absolute Gasteiger partial charge is 0.282 e. The van der Waals surface area contributed by atoms with Crippen molar-refractivity contribution in [1.29, 1.82) is 0 Å². The van der Waals surface area contributed by atoms with Crippen molar-refractivity contribution in [1.82, 2.24) is 30.0 Å². The standard InChI is InChI=1S/C15H14N6S/c1-10-9-12(17-16-10)14-20-21-13(18-19-15(21)22-14)8-7-11-5-3-2-4-6-11/h2-6,9H,7-8H2,1H3,(H,16,17). The van der Waals surface area contributed by atoms with Gasteiger partial charge in [-0.25, -0.2) is 0 Å². The molecule has 6 nitrogen and oxygen atoms in total. The molecule has 3 aromatic heterocycles. The Kier molecular flexibility index (Phi) is 3.19. The van der Waals surface area contributed by atoms with Crippen molar-refractivity contribution in [3.8, 4) is 10.7 Å². The van der Waals surface area contributed by atoms with Crippen LogP contribution in [0.3, 0.4) is 0 Å². The molecule has 0 fully saturated rings. The lowest BCUT2D eigenvalue weighted by molar-refractivity contribution is 0.792. The maximum Gasteiger partial charge on any atom is 0.235 e. The smallest absolute Gasteiger partial charge is 0.235 e. The third-order valence-corrected chi connectivity index (χ3v) is 4.38. The molecule has 1 N–H and O–H groups in total. The highest BCUT2D eigenvalue weighted by atomic mass is 32.1. The first-order valence-electron chi connectivity index (χ1n) is 7.07. The summed E-state index contributed by atoms with van der Waals surface area (Å²) in [4.78, 5) is 0.804. The van der Waals surface area contributed by atoms with Crippen LogP contribution >= 0.6 is 11.3 Å². The number of nitrogens with zero attached hydrogens (tertiary/aromatic N) is 5. The van der Waals surface area contributed by atoms with E-state index >= 15 is 0 Å². The molecular weight excluding hydrogens is 296 g/mol. The summed E-state index contributed by atoms with van der Waals surface area (Å²) in [6, 6.07) is 12.4. The van der Waals surface area contributed by atoms with Crippen molar-refractivity contribution in [2.75, 3.05) is 0 Å². The first kappa shape index (κ1) is 13.1. The third-order valence-electron chi connectivity index (χ3n) is 3.46. The average Bonchev–Trinajstić information content (AvgIpc) is 3.21. The fourth-order valence-corrected chi connectivity index (χ4v) is 3.16. The van der Waals surface area contributed by atoms with E-state index in [0.717, 1.165) is 40.0 Å². The predicted octanol–water partition coefficient (Wildman–Crippen LogP) is 2.67. The van der Waals surface area contributed by atoms with Crippen LogP contribution < -0.4 is 0 Å². The average molecular weight is 310 g/mol. The van der Waals surface area contributed by atoms with Gasteiger partial charge in [-0.3, -0.25) is 5.10 Å². The third kappa shape index (κ3) is 2.39. The number of aromatic amines is 1. The number of hydrogen-bond acceptors (Lipinski definition) is 5. The van der Waals surface area contributed by atoms with E-state index in [1.54, 1.807) is 0 Å². The highest BCUT2D eigenvalue weighted by Crippen LogP contribution is 2.24. The molecule has 0 aliphatic rings. The summed E-state index contributed by atoms with van der Waals surface area (Å²) in [5, 5.41) is 21.1. The van der Waals surface area contributed by atoms with Gasteiger partial charge in [0.05, 0.1) is 0 Å². The summed E-state index contributed by atoms with van der Waals surface area (Å²) >= 11 is 1.50. The summed E-state index contributed by atoms with van der Waals surface area (Å²) in [7, 11) is 0. The van der Waals surface area contributed by atoms with E-state index in [1.165, 1.54) is 16.9 Å². The molecule has 0 spiro atoms. The lowest BCUT2D eigenvalue weighted by Crippen LogP contribution is -1.99. The molecule has 0 aliphatic heterocycles. The molecule has 0 atom stereocenters. The van der Waals surface area contributed by atoms with Gasteiger partial charge in [0, 0.05) is 12.1 Å². The molecule has 110 valence electrons. The van der Waals surface area contributed by atoms with Gasteiger partial charge in [0.25, 0.3) is 0 Å². The van der Waals surface area contributed by atoms with Gasteiger partial charge in [-0.15, -0.1) is 10.2 Å². The van der Waals surface area contributed by atoms with E-state index in [9.17, 15) is 0 Å². The van der Waals surface area contributed by atoms with Crippen molar-refractivity contribution in [2.24, 2.45) is 0 Å². The minimum atomic E-state index is 0.804. The first-order chi connectivity index (χ1) is 10.8. The van der Waals surface area contributed by atoms with E-state index in [1.807, 2.05) is 23.6 Å². The molecule has 0 amide bonds. The van der Waals surface area contributed by atoms with Crippen molar-refractivity contribution in [3.05, 3.63) is 53.5 Å². The van der Waals surface area contributed by atoms with Crippen molar-refractivity contribution >= 4 is 16.3 Å². The number of H-pyrrole nitrogens is 1. The van der Waals surface area contributed by atoms with Gasteiger partial charge in [-0.2, -0.15) is 14.7 Å². The second-order valence-corrected chi connectivity index (χ2v) is 6.10. The summed E-state index contributed by atoms with van der Waals surface area (Å²) in [5.41, 5.74) is 3.16. The maximum absolute atomic E-state index is 4.60. The van der Waals surface area contributed by atoms with Crippen LogP contribution in [0.4, 0.5) is 0 Å². The van der Waals surface area contributed by atoms with E-state index in [0.29, 0.717) is 0 Å². The number of aryl methyl sites for hydroxylation is 3. The normalized spacial score (nSPS) is 11.3. The Bertz CT molecular complexity index is 905. The highest BCUT2D eigenvalue weighted by molar-refractivity contribution is 7.19. The number of rotatable bonds is 4. The molecule has 0 saturated heterocycles. The molecule has 0 aliphatic carbocycles. The number of nitrogens with one attached hydrogen (secondary N) is 1. The topological polar surface area (TPSA) is 71.8 Å². The van der Waals surface area contributed by atoms with E-state index in [4.69, 9.17) is 0 Å². The van der Waals surface area contributed by atoms with Crippen LogP contribution in [0.5, 0.6) is 0 Å². The van der Waals surface area contributed by atoms with Gasteiger partial charge in [-0.1, -0.05) is 41.7 Å². The Hall–Kier alpha value is -2.54. The molecule has 0 saturated carbocycles. The highest BCUT2D eigenvalue weighted by Gasteiger charge is 2.14. The van der Waals surface area contributed by atoms with E-state index in [2.05, 4.69) is 49.8 Å². The lowest BCUT2D eigenvalue weighted by atomic mass is 10.1. The minimum Gasteiger partial charge on any atom is -0.282 e. The Morgan fingerprint density at radius 1 is 1.14 bits per heavy atom. The number of benzene rings is 1. The van der Waals surface area contributed by atoms with Crippen LogP contribution in [0.2, 0.25) is 0 Å². The van der Waals surface area contributed by atoms with Crippen LogP contribution in [0, 0.1) is 6.92 Å². The maximum atomic E-state index is 4.60. The molecule has 0 radical (unpaired) electrons. The van der Waals surface area contributed by atoms with Gasteiger partial charge in [0.1, 0.15) is 5.69 Å². The van der Waals surface area contributed by atoms with E-state index in [-0.39, 0.29) is 0 Å². The molecule has 0 unspecified atom stereocenters. The van der Waals surface area contributed by atoms with Crippen molar-refractivity contribution < 1.29 is 0 Å². The fraction of sp³-hybridized carbons (Fsp3) is 0.200. The predicted molar refractivity (Wildman–Crippen MR) is 84.8 cm³/mol. The van der Waals surface area contributed by atoms with Crippen LogP contribution in [-0.2, 0) is 12.8 Å². The van der Waals surface area contributed by atoms with Gasteiger partial charge < -0.3 is 0 Å². The number of hydrogen-bond donors (Lipinski definition) is 1. The minimum absolute atomic E-state index is 0.804. The van der Waals surface area contributed by atoms with Gasteiger partial charge in [-0.05, 0) is 25.0 Å². The molecule has 22 heavy (non-hydrogen) atoms. The van der Waals surface area contributed by atoms with Gasteiger partial charge in [0.2, 0.25) is 4.96 Å². The van der Waals surface area contributed by atoms with E-state index < -0.39 is 0 Å². The second kappa shape index (κ2) is 5.34. The van der Waals surface area contributed by atoms with Crippen LogP contribution in [0.1, 0.15) is 17.1 Å². The Morgan fingerprint density at radius 2 is 2.00 bits per heavy atom. The molecule has 7 heteroatoms. The van der Waals surface area contributed by atoms with Gasteiger partial charge in [0.15, 0.2) is 10.8 Å². The zero-order valence-corrected chi connectivity index (χ0v) is 12.8. The summed E-state index contributed by atoms with van der Waals surface area (Å²) in [5.74, 6) is 0.883. The number of fused-ring (bicyclic) bond motifs is 1. The number of aromatic nitrogens is 6. The fourth-order valence-electron chi connectivity index (χ4n) is 2.35. The van der Waals surface area contributed by atoms with Crippen LogP contribution in [-0.4, -0.2) is 30.0 Å².